The quantitative estimate of drug-likeness (QED) is 0.335. The lowest BCUT2D eigenvalue weighted by Gasteiger charge is -2.44. The van der Waals surface area contributed by atoms with Crippen LogP contribution in [0.2, 0.25) is 0 Å². The fraction of sp³-hybridized carbons (Fsp3) is 0.714. The van der Waals surface area contributed by atoms with Crippen molar-refractivity contribution in [1.29, 1.82) is 0 Å². The Balaban J connectivity index is 1.28. The van der Waals surface area contributed by atoms with Crippen LogP contribution in [0.15, 0.2) is 30.4 Å². The van der Waals surface area contributed by atoms with Gasteiger partial charge in [0.05, 0.1) is 19.3 Å². The van der Waals surface area contributed by atoms with Crippen LogP contribution in [0.1, 0.15) is 82.8 Å². The highest BCUT2D eigenvalue weighted by molar-refractivity contribution is 5.37. The Kier molecular flexibility index (Phi) is 7.93. The summed E-state index contributed by atoms with van der Waals surface area (Å²) >= 11 is 0. The summed E-state index contributed by atoms with van der Waals surface area (Å²) in [6.07, 6.45) is 19.3. The molecule has 1 aromatic rings. The molecular formula is C28H42O2. The van der Waals surface area contributed by atoms with E-state index >= 15 is 0 Å². The van der Waals surface area contributed by atoms with Gasteiger partial charge in [0, 0.05) is 0 Å². The summed E-state index contributed by atoms with van der Waals surface area (Å²) in [5.41, 5.74) is 3.14. The lowest BCUT2D eigenvalue weighted by molar-refractivity contribution is -0.0138. The summed E-state index contributed by atoms with van der Waals surface area (Å²) in [5, 5.41) is 0. The van der Waals surface area contributed by atoms with E-state index in [9.17, 15) is 0 Å². The molecule has 2 fully saturated rings. The molecule has 5 atom stereocenters. The molecule has 0 N–H and O–H groups in total. The Bertz CT molecular complexity index is 694. The zero-order chi connectivity index (χ0) is 20.8. The molecule has 3 aliphatic rings. The van der Waals surface area contributed by atoms with E-state index in [0.29, 0.717) is 6.10 Å². The Morgan fingerprint density at radius 3 is 2.57 bits per heavy atom. The van der Waals surface area contributed by atoms with Crippen LogP contribution in [-0.2, 0) is 17.6 Å². The van der Waals surface area contributed by atoms with Gasteiger partial charge in [0.25, 0.3) is 0 Å². The highest BCUT2D eigenvalue weighted by atomic mass is 16.5. The number of unbranched alkanes of at least 4 members (excludes halogenated alkanes) is 1. The van der Waals surface area contributed by atoms with E-state index in [4.69, 9.17) is 9.47 Å². The fourth-order valence-corrected chi connectivity index (χ4v) is 6.34. The van der Waals surface area contributed by atoms with Gasteiger partial charge in [-0.05, 0) is 118 Å². The predicted molar refractivity (Wildman–Crippen MR) is 125 cm³/mol. The van der Waals surface area contributed by atoms with Crippen LogP contribution in [-0.4, -0.2) is 19.3 Å². The van der Waals surface area contributed by atoms with Gasteiger partial charge in [-0.15, -0.1) is 0 Å². The van der Waals surface area contributed by atoms with Gasteiger partial charge in [-0.25, -0.2) is 0 Å². The van der Waals surface area contributed by atoms with Gasteiger partial charge in [-0.1, -0.05) is 31.6 Å². The van der Waals surface area contributed by atoms with E-state index in [2.05, 4.69) is 44.2 Å². The van der Waals surface area contributed by atoms with Crippen molar-refractivity contribution in [2.75, 3.05) is 13.2 Å². The first-order valence-corrected chi connectivity index (χ1v) is 12.7. The highest BCUT2D eigenvalue weighted by Crippen LogP contribution is 2.47. The van der Waals surface area contributed by atoms with Gasteiger partial charge >= 0.3 is 0 Å². The maximum Gasteiger partial charge on any atom is 0.119 e. The number of aryl methyl sites for hydroxylation is 1. The van der Waals surface area contributed by atoms with Gasteiger partial charge in [0.2, 0.25) is 0 Å². The van der Waals surface area contributed by atoms with Crippen LogP contribution in [0.5, 0.6) is 5.75 Å². The van der Waals surface area contributed by atoms with Crippen molar-refractivity contribution >= 4 is 0 Å². The maximum atomic E-state index is 6.10. The number of allylic oxidation sites excluding steroid dienone is 1. The van der Waals surface area contributed by atoms with Crippen molar-refractivity contribution in [2.24, 2.45) is 23.7 Å². The number of rotatable bonds is 8. The topological polar surface area (TPSA) is 18.5 Å². The summed E-state index contributed by atoms with van der Waals surface area (Å²) in [6.45, 7) is 5.94. The molecule has 0 spiro atoms. The zero-order valence-corrected chi connectivity index (χ0v) is 19.3. The molecular weight excluding hydrogens is 368 g/mol. The standard InChI is InChI=1S/C28H42O2/c1-3-5-15-29-27-13-11-23-17-21(7-9-25(23)19-27)22-8-10-26-20-28(30-16-6-4-2)14-12-24(26)18-22/h3,5,12,14,20-23,25,27H,4,6-11,13,15-19H2,1-2H3/b5-3+/t21?,22?,23-,25?,27-/m1/s1. The molecule has 0 aliphatic heterocycles. The van der Waals surface area contributed by atoms with Gasteiger partial charge < -0.3 is 9.47 Å². The van der Waals surface area contributed by atoms with Crippen molar-refractivity contribution in [1.82, 2.24) is 0 Å². The van der Waals surface area contributed by atoms with Crippen molar-refractivity contribution in [2.45, 2.75) is 90.6 Å². The highest BCUT2D eigenvalue weighted by Gasteiger charge is 2.38. The molecule has 4 rings (SSSR count). The molecule has 0 radical (unpaired) electrons. The van der Waals surface area contributed by atoms with E-state index in [0.717, 1.165) is 49.1 Å². The molecule has 166 valence electrons. The molecule has 0 heterocycles. The largest absolute Gasteiger partial charge is 0.494 e. The average Bonchev–Trinajstić information content (AvgIpc) is 2.78. The van der Waals surface area contributed by atoms with E-state index in [1.165, 1.54) is 64.2 Å². The van der Waals surface area contributed by atoms with Crippen molar-refractivity contribution < 1.29 is 9.47 Å². The summed E-state index contributed by atoms with van der Waals surface area (Å²) in [5.74, 6) is 4.80. The smallest absolute Gasteiger partial charge is 0.119 e. The maximum absolute atomic E-state index is 6.10. The summed E-state index contributed by atoms with van der Waals surface area (Å²) in [7, 11) is 0. The minimum Gasteiger partial charge on any atom is -0.494 e. The molecule has 2 saturated carbocycles. The third-order valence-corrected chi connectivity index (χ3v) is 8.15. The fourth-order valence-electron chi connectivity index (χ4n) is 6.34. The number of hydrogen-bond acceptors (Lipinski definition) is 2. The van der Waals surface area contributed by atoms with Crippen molar-refractivity contribution in [3.63, 3.8) is 0 Å². The monoisotopic (exact) mass is 410 g/mol. The van der Waals surface area contributed by atoms with E-state index in [-0.39, 0.29) is 0 Å². The van der Waals surface area contributed by atoms with Crippen LogP contribution in [0.4, 0.5) is 0 Å². The molecule has 0 amide bonds. The first-order valence-electron chi connectivity index (χ1n) is 12.7. The normalized spacial score (nSPS) is 31.3. The minimum atomic E-state index is 0.509. The number of ether oxygens (including phenoxy) is 2. The van der Waals surface area contributed by atoms with E-state index in [1.54, 1.807) is 11.1 Å². The summed E-state index contributed by atoms with van der Waals surface area (Å²) in [6, 6.07) is 6.90. The van der Waals surface area contributed by atoms with Gasteiger partial charge in [-0.3, -0.25) is 0 Å². The Morgan fingerprint density at radius 1 is 0.933 bits per heavy atom. The summed E-state index contributed by atoms with van der Waals surface area (Å²) < 4.78 is 12.0. The molecule has 3 aliphatic carbocycles. The minimum absolute atomic E-state index is 0.509. The van der Waals surface area contributed by atoms with Crippen molar-refractivity contribution in [3.05, 3.63) is 41.5 Å². The third kappa shape index (κ3) is 5.49. The van der Waals surface area contributed by atoms with E-state index < -0.39 is 0 Å². The zero-order valence-electron chi connectivity index (χ0n) is 19.3. The van der Waals surface area contributed by atoms with Crippen LogP contribution >= 0.6 is 0 Å². The Morgan fingerprint density at radius 2 is 1.73 bits per heavy atom. The van der Waals surface area contributed by atoms with E-state index in [1.807, 2.05) is 0 Å². The first-order chi connectivity index (χ1) is 14.8. The number of fused-ring (bicyclic) bond motifs is 2. The lowest BCUT2D eigenvalue weighted by Crippen LogP contribution is -2.37. The van der Waals surface area contributed by atoms with Gasteiger partial charge in [-0.2, -0.15) is 0 Å². The van der Waals surface area contributed by atoms with Crippen LogP contribution in [0.25, 0.3) is 0 Å². The molecule has 0 aromatic heterocycles. The van der Waals surface area contributed by atoms with Gasteiger partial charge in [0.1, 0.15) is 5.75 Å². The van der Waals surface area contributed by atoms with Crippen LogP contribution < -0.4 is 4.74 Å². The summed E-state index contributed by atoms with van der Waals surface area (Å²) in [4.78, 5) is 0. The lowest BCUT2D eigenvalue weighted by atomic mass is 9.62. The molecule has 30 heavy (non-hydrogen) atoms. The van der Waals surface area contributed by atoms with Crippen LogP contribution in [0, 0.1) is 23.7 Å². The SMILES string of the molecule is C/C=C/CO[C@@H]1CC[C@@H]2CC(C3CCc4cc(OCCCC)ccc4C3)CCC2C1. The molecule has 2 nitrogen and oxygen atoms in total. The molecule has 0 saturated heterocycles. The van der Waals surface area contributed by atoms with Crippen LogP contribution in [0.3, 0.4) is 0 Å². The second-order valence-corrected chi connectivity index (χ2v) is 10.1. The molecule has 0 bridgehead atoms. The van der Waals surface area contributed by atoms with Crippen molar-refractivity contribution in [3.8, 4) is 5.75 Å². The molecule has 3 unspecified atom stereocenters. The third-order valence-electron chi connectivity index (χ3n) is 8.15. The van der Waals surface area contributed by atoms with Gasteiger partial charge in [0.15, 0.2) is 0 Å². The molecule has 2 heteroatoms. The first kappa shape index (κ1) is 21.9. The number of benzene rings is 1. The Hall–Kier alpha value is -1.28. The number of hydrogen-bond donors (Lipinski definition) is 0. The predicted octanol–water partition coefficient (Wildman–Crippen LogP) is 7.15. The molecule has 1 aromatic carbocycles. The second-order valence-electron chi connectivity index (χ2n) is 10.1. The Labute approximate surface area is 184 Å². The second kappa shape index (κ2) is 10.8. The average molecular weight is 411 g/mol.